The number of allylic oxidation sites excluding steroid dienone is 1. The van der Waals surface area contributed by atoms with E-state index in [1.807, 2.05) is 36.4 Å². The van der Waals surface area contributed by atoms with E-state index >= 15 is 0 Å². The Hall–Kier alpha value is -1.92. The molecule has 27 heavy (non-hydrogen) atoms. The molecule has 0 atom stereocenters. The highest BCUT2D eigenvalue weighted by Gasteiger charge is 2.15. The summed E-state index contributed by atoms with van der Waals surface area (Å²) in [7, 11) is 0. The van der Waals surface area contributed by atoms with E-state index in [0.29, 0.717) is 23.9 Å². The van der Waals surface area contributed by atoms with Crippen LogP contribution in [-0.2, 0) is 0 Å². The molecule has 1 aromatic heterocycles. The van der Waals surface area contributed by atoms with Gasteiger partial charge in [-0.15, -0.1) is 0 Å². The summed E-state index contributed by atoms with van der Waals surface area (Å²) in [6, 6.07) is 11.4. The predicted octanol–water partition coefficient (Wildman–Crippen LogP) is 6.09. The molecule has 0 aliphatic carbocycles. The first-order valence-electron chi connectivity index (χ1n) is 8.76. The zero-order chi connectivity index (χ0) is 19.6. The first kappa shape index (κ1) is 19.8. The van der Waals surface area contributed by atoms with E-state index in [-0.39, 0.29) is 5.91 Å². The predicted molar refractivity (Wildman–Crippen MR) is 118 cm³/mol. The third kappa shape index (κ3) is 4.50. The van der Waals surface area contributed by atoms with Crippen molar-refractivity contribution >= 4 is 48.8 Å². The van der Waals surface area contributed by atoms with Gasteiger partial charge in [0.1, 0.15) is 5.82 Å². The maximum absolute atomic E-state index is 12.7. The molecule has 3 rings (SSSR count). The van der Waals surface area contributed by atoms with Crippen LogP contribution in [0.3, 0.4) is 0 Å². The number of aromatic amines is 1. The Morgan fingerprint density at radius 3 is 2.67 bits per heavy atom. The van der Waals surface area contributed by atoms with Gasteiger partial charge in [0, 0.05) is 21.1 Å². The molecular formula is C21H21Br2N3O. The molecule has 1 heterocycles. The SMILES string of the molecule is C/C(=C\CNC(=O)c1ccccc1-c1nc2cc(Br)c(Br)cc2[nH]1)C(C)C. The highest BCUT2D eigenvalue weighted by Crippen LogP contribution is 2.30. The number of nitrogens with zero attached hydrogens (tertiary/aromatic N) is 1. The molecule has 0 spiro atoms. The quantitative estimate of drug-likeness (QED) is 0.425. The molecule has 140 valence electrons. The fourth-order valence-electron chi connectivity index (χ4n) is 2.66. The van der Waals surface area contributed by atoms with Crippen LogP contribution < -0.4 is 5.32 Å². The van der Waals surface area contributed by atoms with Gasteiger partial charge in [-0.1, -0.05) is 43.7 Å². The van der Waals surface area contributed by atoms with Gasteiger partial charge in [0.15, 0.2) is 0 Å². The van der Waals surface area contributed by atoms with Crippen LogP contribution in [0.5, 0.6) is 0 Å². The second-order valence-electron chi connectivity index (χ2n) is 6.73. The number of H-pyrrole nitrogens is 1. The van der Waals surface area contributed by atoms with Crippen molar-refractivity contribution in [2.45, 2.75) is 20.8 Å². The van der Waals surface area contributed by atoms with Gasteiger partial charge in [-0.25, -0.2) is 4.98 Å². The number of amides is 1. The molecule has 1 amide bonds. The van der Waals surface area contributed by atoms with Gasteiger partial charge in [-0.2, -0.15) is 0 Å². The summed E-state index contributed by atoms with van der Waals surface area (Å²) in [5, 5.41) is 2.97. The van der Waals surface area contributed by atoms with Crippen molar-refractivity contribution < 1.29 is 4.79 Å². The molecule has 3 aromatic rings. The molecule has 6 heteroatoms. The van der Waals surface area contributed by atoms with E-state index in [4.69, 9.17) is 0 Å². The molecule has 0 saturated heterocycles. The number of nitrogens with one attached hydrogen (secondary N) is 2. The van der Waals surface area contributed by atoms with E-state index in [1.54, 1.807) is 0 Å². The lowest BCUT2D eigenvalue weighted by Gasteiger charge is -2.09. The smallest absolute Gasteiger partial charge is 0.252 e. The fourth-order valence-corrected chi connectivity index (χ4v) is 3.33. The van der Waals surface area contributed by atoms with Gasteiger partial charge in [0.25, 0.3) is 5.91 Å². The van der Waals surface area contributed by atoms with E-state index in [2.05, 4.69) is 74.0 Å². The molecule has 0 bridgehead atoms. The average molecular weight is 491 g/mol. The normalized spacial score (nSPS) is 12.0. The summed E-state index contributed by atoms with van der Waals surface area (Å²) < 4.78 is 1.88. The molecule has 0 saturated carbocycles. The van der Waals surface area contributed by atoms with Crippen LogP contribution in [0.4, 0.5) is 0 Å². The highest BCUT2D eigenvalue weighted by atomic mass is 79.9. The number of carbonyl (C=O) groups excluding carboxylic acids is 1. The van der Waals surface area contributed by atoms with Gasteiger partial charge in [-0.3, -0.25) is 4.79 Å². The van der Waals surface area contributed by atoms with Crippen LogP contribution in [0.15, 0.2) is 57.0 Å². The largest absolute Gasteiger partial charge is 0.349 e. The van der Waals surface area contributed by atoms with E-state index < -0.39 is 0 Å². The topological polar surface area (TPSA) is 57.8 Å². The van der Waals surface area contributed by atoms with Gasteiger partial charge in [-0.05, 0) is 62.9 Å². The summed E-state index contributed by atoms with van der Waals surface area (Å²) in [6.07, 6.45) is 2.06. The Bertz CT molecular complexity index is 982. The first-order valence-corrected chi connectivity index (χ1v) is 10.3. The molecule has 4 nitrogen and oxygen atoms in total. The van der Waals surface area contributed by atoms with Crippen molar-refractivity contribution in [3.8, 4) is 11.4 Å². The maximum atomic E-state index is 12.7. The highest BCUT2D eigenvalue weighted by molar-refractivity contribution is 9.13. The Kier molecular flexibility index (Phi) is 6.17. The third-order valence-electron chi connectivity index (χ3n) is 4.55. The van der Waals surface area contributed by atoms with Crippen LogP contribution in [0.1, 0.15) is 31.1 Å². The molecule has 2 N–H and O–H groups in total. The summed E-state index contributed by atoms with van der Waals surface area (Å²) in [5.74, 6) is 1.04. The van der Waals surface area contributed by atoms with Crippen LogP contribution in [0.25, 0.3) is 22.4 Å². The number of fused-ring (bicyclic) bond motifs is 1. The van der Waals surface area contributed by atoms with Crippen molar-refractivity contribution in [3.05, 3.63) is 62.6 Å². The number of imidazole rings is 1. The Morgan fingerprint density at radius 2 is 1.93 bits per heavy atom. The zero-order valence-electron chi connectivity index (χ0n) is 15.4. The monoisotopic (exact) mass is 489 g/mol. The van der Waals surface area contributed by atoms with Crippen molar-refractivity contribution in [3.63, 3.8) is 0 Å². The molecule has 0 unspecified atom stereocenters. The van der Waals surface area contributed by atoms with E-state index in [1.165, 1.54) is 5.57 Å². The summed E-state index contributed by atoms with van der Waals surface area (Å²) in [6.45, 7) is 6.87. The summed E-state index contributed by atoms with van der Waals surface area (Å²) in [5.41, 5.74) is 4.39. The lowest BCUT2D eigenvalue weighted by atomic mass is 10.0. The molecule has 0 aliphatic heterocycles. The first-order chi connectivity index (χ1) is 12.9. The molecular weight excluding hydrogens is 470 g/mol. The zero-order valence-corrected chi connectivity index (χ0v) is 18.6. The average Bonchev–Trinajstić information content (AvgIpc) is 3.04. The van der Waals surface area contributed by atoms with E-state index in [9.17, 15) is 4.79 Å². The van der Waals surface area contributed by atoms with Gasteiger partial charge in [0.05, 0.1) is 16.6 Å². The molecule has 0 aliphatic rings. The van der Waals surface area contributed by atoms with Crippen LogP contribution >= 0.6 is 31.9 Å². The molecule has 0 radical (unpaired) electrons. The summed E-state index contributed by atoms with van der Waals surface area (Å²) >= 11 is 7.00. The number of hydrogen-bond donors (Lipinski definition) is 2. The lowest BCUT2D eigenvalue weighted by Crippen LogP contribution is -2.24. The number of hydrogen-bond acceptors (Lipinski definition) is 2. The standard InChI is InChI=1S/C21H21Br2N3O/c1-12(2)13(3)8-9-24-21(27)15-7-5-4-6-14(15)20-25-18-10-16(22)17(23)11-19(18)26-20/h4-8,10-12H,9H2,1-3H3,(H,24,27)(H,25,26)/b13-8+. The fraction of sp³-hybridized carbons (Fsp3) is 0.238. The van der Waals surface area contributed by atoms with Gasteiger partial charge < -0.3 is 10.3 Å². The van der Waals surface area contributed by atoms with Crippen molar-refractivity contribution in [2.24, 2.45) is 5.92 Å². The van der Waals surface area contributed by atoms with Crippen LogP contribution in [0, 0.1) is 5.92 Å². The second kappa shape index (κ2) is 8.40. The minimum Gasteiger partial charge on any atom is -0.349 e. The Balaban J connectivity index is 1.90. The number of rotatable bonds is 5. The maximum Gasteiger partial charge on any atom is 0.252 e. The third-order valence-corrected chi connectivity index (χ3v) is 6.39. The molecule has 2 aromatic carbocycles. The second-order valence-corrected chi connectivity index (χ2v) is 8.44. The van der Waals surface area contributed by atoms with Crippen molar-refractivity contribution in [1.82, 2.24) is 15.3 Å². The van der Waals surface area contributed by atoms with Gasteiger partial charge >= 0.3 is 0 Å². The van der Waals surface area contributed by atoms with Crippen LogP contribution in [-0.4, -0.2) is 22.4 Å². The van der Waals surface area contributed by atoms with E-state index in [0.717, 1.165) is 25.5 Å². The number of halogens is 2. The van der Waals surface area contributed by atoms with Crippen molar-refractivity contribution in [1.29, 1.82) is 0 Å². The number of benzene rings is 2. The van der Waals surface area contributed by atoms with Crippen LogP contribution in [0.2, 0.25) is 0 Å². The van der Waals surface area contributed by atoms with Gasteiger partial charge in [0.2, 0.25) is 0 Å². The molecule has 0 fully saturated rings. The minimum atomic E-state index is -0.110. The lowest BCUT2D eigenvalue weighted by molar-refractivity contribution is 0.0958. The summed E-state index contributed by atoms with van der Waals surface area (Å²) in [4.78, 5) is 20.7. The Morgan fingerprint density at radius 1 is 1.22 bits per heavy atom. The Labute approximate surface area is 175 Å². The number of aromatic nitrogens is 2. The minimum absolute atomic E-state index is 0.110. The number of carbonyl (C=O) groups is 1. The van der Waals surface area contributed by atoms with Crippen molar-refractivity contribution in [2.75, 3.05) is 6.54 Å².